The Bertz CT molecular complexity index is 906. The second-order valence-electron chi connectivity index (χ2n) is 7.05. The molecule has 0 bridgehead atoms. The number of imide groups is 1. The Labute approximate surface area is 161 Å². The summed E-state index contributed by atoms with van der Waals surface area (Å²) in [6, 6.07) is 4.38. The molecule has 3 amide bonds. The lowest BCUT2D eigenvalue weighted by molar-refractivity contribution is 0.0593. The van der Waals surface area contributed by atoms with Gasteiger partial charge in [-0.05, 0) is 37.5 Å². The lowest BCUT2D eigenvalue weighted by Gasteiger charge is -2.20. The van der Waals surface area contributed by atoms with Gasteiger partial charge in [0.05, 0.1) is 11.1 Å². The number of carbonyl (C=O) groups is 3. The summed E-state index contributed by atoms with van der Waals surface area (Å²) in [6.07, 6.45) is 1.48. The number of nitrogens with zero attached hydrogens (tertiary/aromatic N) is 3. The molecular formula is C19H22N4O3S. The van der Waals surface area contributed by atoms with Crippen molar-refractivity contribution in [1.82, 2.24) is 15.1 Å². The first-order chi connectivity index (χ1) is 12.8. The van der Waals surface area contributed by atoms with Gasteiger partial charge < -0.3 is 0 Å². The first-order valence-corrected chi connectivity index (χ1v) is 9.79. The zero-order chi connectivity index (χ0) is 19.7. The van der Waals surface area contributed by atoms with Crippen LogP contribution in [0.25, 0.3) is 0 Å². The predicted octanol–water partition coefficient (Wildman–Crippen LogP) is 3.38. The van der Waals surface area contributed by atoms with E-state index in [-0.39, 0.29) is 29.3 Å². The third-order valence-electron chi connectivity index (χ3n) is 4.48. The van der Waals surface area contributed by atoms with Crippen LogP contribution >= 0.6 is 11.3 Å². The highest BCUT2D eigenvalue weighted by atomic mass is 32.1. The molecule has 1 atom stereocenters. The molecule has 0 aliphatic carbocycles. The second-order valence-corrected chi connectivity index (χ2v) is 8.11. The van der Waals surface area contributed by atoms with E-state index in [1.807, 2.05) is 13.8 Å². The van der Waals surface area contributed by atoms with Gasteiger partial charge in [-0.15, -0.1) is 10.2 Å². The molecule has 1 aromatic heterocycles. The number of benzene rings is 1. The van der Waals surface area contributed by atoms with Gasteiger partial charge in [0.25, 0.3) is 17.7 Å². The number of amides is 3. The van der Waals surface area contributed by atoms with E-state index in [0.717, 1.165) is 11.4 Å². The Balaban J connectivity index is 1.79. The van der Waals surface area contributed by atoms with Gasteiger partial charge in [-0.1, -0.05) is 32.1 Å². The molecule has 1 unspecified atom stereocenters. The zero-order valence-electron chi connectivity index (χ0n) is 15.8. The van der Waals surface area contributed by atoms with Crippen LogP contribution in [-0.4, -0.2) is 38.9 Å². The minimum absolute atomic E-state index is 0.185. The maximum atomic E-state index is 12.6. The van der Waals surface area contributed by atoms with Gasteiger partial charge in [-0.2, -0.15) is 0 Å². The van der Waals surface area contributed by atoms with Crippen LogP contribution < -0.4 is 5.32 Å². The van der Waals surface area contributed by atoms with E-state index in [4.69, 9.17) is 0 Å². The highest BCUT2D eigenvalue weighted by Gasteiger charge is 2.38. The van der Waals surface area contributed by atoms with Crippen LogP contribution in [0.2, 0.25) is 0 Å². The molecule has 0 fully saturated rings. The summed E-state index contributed by atoms with van der Waals surface area (Å²) < 4.78 is 0. The van der Waals surface area contributed by atoms with Crippen LogP contribution in [0.15, 0.2) is 18.2 Å². The molecule has 1 aromatic carbocycles. The van der Waals surface area contributed by atoms with Crippen LogP contribution in [-0.2, 0) is 6.42 Å². The number of anilines is 1. The zero-order valence-corrected chi connectivity index (χ0v) is 16.6. The fourth-order valence-corrected chi connectivity index (χ4v) is 3.84. The van der Waals surface area contributed by atoms with E-state index in [1.165, 1.54) is 28.4 Å². The first-order valence-electron chi connectivity index (χ1n) is 8.97. The van der Waals surface area contributed by atoms with Crippen molar-refractivity contribution in [1.29, 1.82) is 0 Å². The summed E-state index contributed by atoms with van der Waals surface area (Å²) in [4.78, 5) is 38.8. The Morgan fingerprint density at radius 1 is 1.15 bits per heavy atom. The number of nitrogens with one attached hydrogen (secondary N) is 1. The van der Waals surface area contributed by atoms with Gasteiger partial charge in [0, 0.05) is 18.0 Å². The van der Waals surface area contributed by atoms with Crippen LogP contribution in [0.1, 0.15) is 70.2 Å². The summed E-state index contributed by atoms with van der Waals surface area (Å²) in [5.41, 5.74) is 0.916. The fourth-order valence-electron chi connectivity index (χ4n) is 2.89. The van der Waals surface area contributed by atoms with Gasteiger partial charge in [0.15, 0.2) is 0 Å². The van der Waals surface area contributed by atoms with Gasteiger partial charge in [0.2, 0.25) is 5.13 Å². The van der Waals surface area contributed by atoms with Crippen LogP contribution in [0, 0.1) is 5.92 Å². The lowest BCUT2D eigenvalue weighted by atomic mass is 10.1. The molecule has 1 aliphatic heterocycles. The summed E-state index contributed by atoms with van der Waals surface area (Å²) >= 11 is 1.33. The number of fused-ring (bicyclic) bond motifs is 1. The Kier molecular flexibility index (Phi) is 5.36. The largest absolute Gasteiger partial charge is 0.296 e. The number of hydrogen-bond acceptors (Lipinski definition) is 6. The van der Waals surface area contributed by atoms with Crippen molar-refractivity contribution >= 4 is 34.2 Å². The third kappa shape index (κ3) is 3.75. The molecule has 0 radical (unpaired) electrons. The van der Waals surface area contributed by atoms with Gasteiger partial charge in [-0.25, -0.2) is 0 Å². The SMILES string of the molecule is CCC(C)N1C(=O)c2ccc(C(=O)Nc3nnc(CC(C)C)s3)cc2C1=O. The van der Waals surface area contributed by atoms with E-state index in [2.05, 4.69) is 29.4 Å². The molecule has 0 spiro atoms. The minimum Gasteiger partial charge on any atom is -0.296 e. The minimum atomic E-state index is -0.382. The van der Waals surface area contributed by atoms with Gasteiger partial charge in [-0.3, -0.25) is 24.6 Å². The van der Waals surface area contributed by atoms with Crippen molar-refractivity contribution in [3.05, 3.63) is 39.9 Å². The molecule has 7 nitrogen and oxygen atoms in total. The second kappa shape index (κ2) is 7.56. The maximum absolute atomic E-state index is 12.6. The number of rotatable bonds is 6. The quantitative estimate of drug-likeness (QED) is 0.768. The van der Waals surface area contributed by atoms with Crippen molar-refractivity contribution in [2.24, 2.45) is 5.92 Å². The van der Waals surface area contributed by atoms with E-state index in [9.17, 15) is 14.4 Å². The summed E-state index contributed by atoms with van der Waals surface area (Å²) in [5.74, 6) is -0.588. The van der Waals surface area contributed by atoms with Crippen molar-refractivity contribution in [2.75, 3.05) is 5.32 Å². The Morgan fingerprint density at radius 3 is 2.52 bits per heavy atom. The van der Waals surface area contributed by atoms with Crippen LogP contribution in [0.5, 0.6) is 0 Å². The molecule has 2 heterocycles. The van der Waals surface area contributed by atoms with Crippen LogP contribution in [0.4, 0.5) is 5.13 Å². The summed E-state index contributed by atoms with van der Waals surface area (Å²) in [7, 11) is 0. The summed E-state index contributed by atoms with van der Waals surface area (Å²) in [5, 5.41) is 12.0. The highest BCUT2D eigenvalue weighted by molar-refractivity contribution is 7.15. The van der Waals surface area contributed by atoms with Crippen molar-refractivity contribution in [2.45, 2.75) is 46.6 Å². The molecule has 27 heavy (non-hydrogen) atoms. The standard InChI is InChI=1S/C19H22N4O3S/c1-5-11(4)23-17(25)13-7-6-12(9-14(13)18(23)26)16(24)20-19-22-21-15(27-19)8-10(2)3/h6-7,9-11H,5,8H2,1-4H3,(H,20,22,24). The van der Waals surface area contributed by atoms with Crippen molar-refractivity contribution in [3.8, 4) is 0 Å². The smallest absolute Gasteiger partial charge is 0.261 e. The molecule has 142 valence electrons. The maximum Gasteiger partial charge on any atom is 0.261 e. The third-order valence-corrected chi connectivity index (χ3v) is 5.34. The lowest BCUT2D eigenvalue weighted by Crippen LogP contribution is -2.37. The first kappa shape index (κ1) is 19.2. The fraction of sp³-hybridized carbons (Fsp3) is 0.421. The topological polar surface area (TPSA) is 92.3 Å². The van der Waals surface area contributed by atoms with E-state index in [1.54, 1.807) is 6.07 Å². The average molecular weight is 386 g/mol. The van der Waals surface area contributed by atoms with Crippen molar-refractivity contribution < 1.29 is 14.4 Å². The molecule has 1 N–H and O–H groups in total. The molecule has 2 aromatic rings. The van der Waals surface area contributed by atoms with Gasteiger partial charge in [0.1, 0.15) is 5.01 Å². The Morgan fingerprint density at radius 2 is 1.85 bits per heavy atom. The van der Waals surface area contributed by atoms with E-state index < -0.39 is 0 Å². The molecule has 0 saturated carbocycles. The number of aromatic nitrogens is 2. The number of hydrogen-bond donors (Lipinski definition) is 1. The van der Waals surface area contributed by atoms with Gasteiger partial charge >= 0.3 is 0 Å². The highest BCUT2D eigenvalue weighted by Crippen LogP contribution is 2.27. The van der Waals surface area contributed by atoms with Crippen molar-refractivity contribution in [3.63, 3.8) is 0 Å². The van der Waals surface area contributed by atoms with E-state index in [0.29, 0.717) is 28.6 Å². The molecule has 3 rings (SSSR count). The normalized spacial score (nSPS) is 14.6. The molecule has 0 saturated heterocycles. The monoisotopic (exact) mass is 386 g/mol. The van der Waals surface area contributed by atoms with Crippen LogP contribution in [0.3, 0.4) is 0 Å². The molecule has 8 heteroatoms. The average Bonchev–Trinajstić information content (AvgIpc) is 3.16. The molecular weight excluding hydrogens is 364 g/mol. The predicted molar refractivity (Wildman–Crippen MR) is 103 cm³/mol. The van der Waals surface area contributed by atoms with E-state index >= 15 is 0 Å². The Hall–Kier alpha value is -2.61. The number of carbonyl (C=O) groups excluding carboxylic acids is 3. The molecule has 1 aliphatic rings. The summed E-state index contributed by atoms with van der Waals surface area (Å²) in [6.45, 7) is 7.93.